The van der Waals surface area contributed by atoms with E-state index in [1.54, 1.807) is 13.8 Å². The van der Waals surface area contributed by atoms with Gasteiger partial charge in [0.05, 0.1) is 11.0 Å². The van der Waals surface area contributed by atoms with E-state index in [9.17, 15) is 25.2 Å². The maximum absolute atomic E-state index is 13.3. The van der Waals surface area contributed by atoms with Gasteiger partial charge in [0.25, 0.3) is 0 Å². The Kier molecular flexibility index (Phi) is 5.32. The zero-order chi connectivity index (χ0) is 21.5. The average molecular weight is 398 g/mol. The molecule has 0 unspecified atom stereocenters. The predicted molar refractivity (Wildman–Crippen MR) is 113 cm³/mol. The minimum absolute atomic E-state index is 0.0393. The van der Waals surface area contributed by atoms with Crippen LogP contribution in [0.5, 0.6) is 17.2 Å². The van der Waals surface area contributed by atoms with Gasteiger partial charge in [-0.1, -0.05) is 11.6 Å². The second-order valence-electron chi connectivity index (χ2n) is 8.26. The number of benzene rings is 2. The number of aromatic hydroxyl groups is 3. The first-order chi connectivity index (χ1) is 13.5. The van der Waals surface area contributed by atoms with Gasteiger partial charge in [-0.25, -0.2) is 0 Å². The highest BCUT2D eigenvalue weighted by atomic mass is 16.3. The smallest absolute Gasteiger partial charge is 0.204 e. The van der Waals surface area contributed by atoms with Crippen LogP contribution in [0, 0.1) is 0 Å². The van der Waals surface area contributed by atoms with Crippen molar-refractivity contribution in [3.8, 4) is 17.2 Å². The molecule has 6 heteroatoms. The van der Waals surface area contributed by atoms with E-state index in [1.807, 2.05) is 19.9 Å². The number of rotatable bonds is 5. The molecule has 0 saturated heterocycles. The molecule has 6 nitrogen and oxygen atoms in total. The van der Waals surface area contributed by atoms with Gasteiger partial charge >= 0.3 is 0 Å². The fourth-order valence-corrected chi connectivity index (χ4v) is 3.36. The molecule has 0 fully saturated rings. The number of aliphatic hydroxyl groups is 1. The zero-order valence-electron chi connectivity index (χ0n) is 17.0. The van der Waals surface area contributed by atoms with E-state index in [0.717, 1.165) is 5.57 Å². The van der Waals surface area contributed by atoms with E-state index in [-0.39, 0.29) is 57.6 Å². The monoisotopic (exact) mass is 398 g/mol. The Morgan fingerprint density at radius 2 is 1.72 bits per heavy atom. The second-order valence-corrected chi connectivity index (χ2v) is 8.26. The molecule has 0 aliphatic rings. The molecule has 0 bridgehead atoms. The molecule has 2 aromatic carbocycles. The van der Waals surface area contributed by atoms with Gasteiger partial charge in [-0.3, -0.25) is 4.79 Å². The fraction of sp³-hybridized carbons (Fsp3) is 0.348. The third-order valence-corrected chi connectivity index (χ3v) is 4.97. The van der Waals surface area contributed by atoms with Crippen LogP contribution in [-0.4, -0.2) is 26.0 Å². The quantitative estimate of drug-likeness (QED) is 0.377. The summed E-state index contributed by atoms with van der Waals surface area (Å²) in [7, 11) is 0. The Morgan fingerprint density at radius 3 is 2.34 bits per heavy atom. The Bertz CT molecular complexity index is 1170. The van der Waals surface area contributed by atoms with E-state index in [0.29, 0.717) is 12.0 Å². The minimum atomic E-state index is -0.975. The number of aryl methyl sites for hydroxylation is 1. The third kappa shape index (κ3) is 4.07. The zero-order valence-corrected chi connectivity index (χ0v) is 17.0. The molecular formula is C23H26O6. The predicted octanol–water partition coefficient (Wildman–Crippen LogP) is 4.28. The molecule has 0 amide bonds. The average Bonchev–Trinajstić information content (AvgIpc) is 2.59. The number of hydrogen-bond donors (Lipinski definition) is 4. The molecule has 0 spiro atoms. The SMILES string of the molecule is CC(C)=CCc1c(O)cc2oc3ccc(O)c(CCC(C)(C)O)c3c(=O)c2c1O. The lowest BCUT2D eigenvalue weighted by Crippen LogP contribution is -2.19. The summed E-state index contributed by atoms with van der Waals surface area (Å²) in [6.45, 7) is 7.10. The van der Waals surface area contributed by atoms with Crippen molar-refractivity contribution in [2.45, 2.75) is 52.6 Å². The van der Waals surface area contributed by atoms with Gasteiger partial charge in [0, 0.05) is 17.2 Å². The summed E-state index contributed by atoms with van der Waals surface area (Å²) in [6.07, 6.45) is 2.68. The maximum atomic E-state index is 13.3. The van der Waals surface area contributed by atoms with Crippen LogP contribution in [0.2, 0.25) is 0 Å². The Hall–Kier alpha value is -2.99. The Morgan fingerprint density at radius 1 is 1.03 bits per heavy atom. The first kappa shape index (κ1) is 20.7. The molecule has 0 atom stereocenters. The standard InChI is InChI=1S/C23H26O6/c1-12(2)5-6-14-16(25)11-18-20(21(14)26)22(27)19-13(9-10-23(3,4)28)15(24)7-8-17(19)29-18/h5,7-8,11,24-26,28H,6,9-10H2,1-4H3. The van der Waals surface area contributed by atoms with E-state index in [1.165, 1.54) is 18.2 Å². The summed E-state index contributed by atoms with van der Waals surface area (Å²) in [5, 5.41) is 41.6. The van der Waals surface area contributed by atoms with E-state index in [4.69, 9.17) is 4.42 Å². The highest BCUT2D eigenvalue weighted by Crippen LogP contribution is 2.37. The third-order valence-electron chi connectivity index (χ3n) is 4.97. The van der Waals surface area contributed by atoms with Crippen molar-refractivity contribution in [3.63, 3.8) is 0 Å². The van der Waals surface area contributed by atoms with Gasteiger partial charge in [-0.05, 0) is 59.1 Å². The van der Waals surface area contributed by atoms with Crippen molar-refractivity contribution < 1.29 is 24.8 Å². The van der Waals surface area contributed by atoms with Crippen LogP contribution in [0.3, 0.4) is 0 Å². The summed E-state index contributed by atoms with van der Waals surface area (Å²) in [4.78, 5) is 13.3. The van der Waals surface area contributed by atoms with Crippen LogP contribution in [0.15, 0.2) is 39.1 Å². The summed E-state index contributed by atoms with van der Waals surface area (Å²) in [6, 6.07) is 4.23. The normalized spacial score (nSPS) is 11.9. The number of phenolic OH excluding ortho intramolecular Hbond substituents is 3. The topological polar surface area (TPSA) is 111 Å². The van der Waals surface area contributed by atoms with Crippen molar-refractivity contribution in [2.75, 3.05) is 0 Å². The lowest BCUT2D eigenvalue weighted by atomic mass is 9.95. The molecule has 3 rings (SSSR count). The molecule has 0 radical (unpaired) electrons. The van der Waals surface area contributed by atoms with Gasteiger partial charge in [0.2, 0.25) is 5.43 Å². The van der Waals surface area contributed by atoms with Gasteiger partial charge < -0.3 is 24.8 Å². The largest absolute Gasteiger partial charge is 0.508 e. The Labute approximate surface area is 168 Å². The fourth-order valence-electron chi connectivity index (χ4n) is 3.36. The molecule has 1 aromatic heterocycles. The molecule has 4 N–H and O–H groups in total. The molecule has 0 aliphatic carbocycles. The summed E-state index contributed by atoms with van der Waals surface area (Å²) in [5.41, 5.74) is 0.450. The number of hydrogen-bond acceptors (Lipinski definition) is 6. The van der Waals surface area contributed by atoms with Crippen molar-refractivity contribution in [3.05, 3.63) is 51.2 Å². The van der Waals surface area contributed by atoms with E-state index < -0.39 is 11.0 Å². The number of allylic oxidation sites excluding steroid dienone is 2. The molecule has 0 saturated carbocycles. The van der Waals surface area contributed by atoms with Crippen molar-refractivity contribution in [2.24, 2.45) is 0 Å². The first-order valence-corrected chi connectivity index (χ1v) is 9.50. The van der Waals surface area contributed by atoms with Gasteiger partial charge in [0.15, 0.2) is 0 Å². The van der Waals surface area contributed by atoms with E-state index >= 15 is 0 Å². The lowest BCUT2D eigenvalue weighted by Gasteiger charge is -2.18. The molecule has 0 aliphatic heterocycles. The van der Waals surface area contributed by atoms with Crippen LogP contribution in [0.4, 0.5) is 0 Å². The molecule has 3 aromatic rings. The molecule has 29 heavy (non-hydrogen) atoms. The number of phenols is 3. The van der Waals surface area contributed by atoms with Crippen LogP contribution < -0.4 is 5.43 Å². The first-order valence-electron chi connectivity index (χ1n) is 9.50. The molecular weight excluding hydrogens is 372 g/mol. The van der Waals surface area contributed by atoms with Gasteiger partial charge in [-0.15, -0.1) is 0 Å². The maximum Gasteiger partial charge on any atom is 0.204 e. The second kappa shape index (κ2) is 7.44. The molecule has 154 valence electrons. The minimum Gasteiger partial charge on any atom is -0.508 e. The highest BCUT2D eigenvalue weighted by Gasteiger charge is 2.22. The summed E-state index contributed by atoms with van der Waals surface area (Å²) in [5.74, 6) is -0.558. The van der Waals surface area contributed by atoms with Crippen LogP contribution in [-0.2, 0) is 12.8 Å². The summed E-state index contributed by atoms with van der Waals surface area (Å²) < 4.78 is 5.79. The van der Waals surface area contributed by atoms with Gasteiger partial charge in [0.1, 0.15) is 33.8 Å². The van der Waals surface area contributed by atoms with Crippen LogP contribution in [0.25, 0.3) is 21.9 Å². The van der Waals surface area contributed by atoms with Crippen LogP contribution in [0.1, 0.15) is 45.2 Å². The highest BCUT2D eigenvalue weighted by molar-refractivity contribution is 5.96. The Balaban J connectivity index is 2.32. The van der Waals surface area contributed by atoms with Crippen molar-refractivity contribution >= 4 is 21.9 Å². The number of fused-ring (bicyclic) bond motifs is 2. The summed E-state index contributed by atoms with van der Waals surface area (Å²) >= 11 is 0. The van der Waals surface area contributed by atoms with Crippen molar-refractivity contribution in [1.82, 2.24) is 0 Å². The molecule has 1 heterocycles. The van der Waals surface area contributed by atoms with Crippen LogP contribution >= 0.6 is 0 Å². The van der Waals surface area contributed by atoms with E-state index in [2.05, 4.69) is 0 Å². The lowest BCUT2D eigenvalue weighted by molar-refractivity contribution is 0.0713. The van der Waals surface area contributed by atoms with Gasteiger partial charge in [-0.2, -0.15) is 0 Å². The van der Waals surface area contributed by atoms with Crippen molar-refractivity contribution in [1.29, 1.82) is 0 Å².